The third-order valence-electron chi connectivity index (χ3n) is 4.41. The van der Waals surface area contributed by atoms with Crippen LogP contribution in [0, 0.1) is 5.41 Å². The first-order valence-electron chi connectivity index (χ1n) is 7.23. The van der Waals surface area contributed by atoms with Crippen molar-refractivity contribution in [2.24, 2.45) is 5.41 Å². The first kappa shape index (κ1) is 13.6. The quantitative estimate of drug-likeness (QED) is 0.889. The molecular weight excluding hydrogens is 222 g/mol. The average Bonchev–Trinajstić information content (AvgIpc) is 2.89. The van der Waals surface area contributed by atoms with Crippen LogP contribution >= 0.6 is 0 Å². The molecule has 1 unspecified atom stereocenters. The molecule has 102 valence electrons. The summed E-state index contributed by atoms with van der Waals surface area (Å²) in [6.45, 7) is 11.5. The summed E-state index contributed by atoms with van der Waals surface area (Å²) in [7, 11) is 0. The predicted molar refractivity (Wildman–Crippen MR) is 75.6 cm³/mol. The highest BCUT2D eigenvalue weighted by molar-refractivity contribution is 5.09. The number of hydrogen-bond donors (Lipinski definition) is 1. The summed E-state index contributed by atoms with van der Waals surface area (Å²) >= 11 is 0. The van der Waals surface area contributed by atoms with E-state index in [9.17, 15) is 0 Å². The van der Waals surface area contributed by atoms with Gasteiger partial charge in [-0.3, -0.25) is 0 Å². The molecule has 2 heterocycles. The van der Waals surface area contributed by atoms with E-state index in [1.807, 2.05) is 6.20 Å². The molecule has 0 aromatic carbocycles. The molecule has 1 fully saturated rings. The zero-order valence-corrected chi connectivity index (χ0v) is 12.3. The van der Waals surface area contributed by atoms with Crippen molar-refractivity contribution >= 4 is 0 Å². The number of nitrogens with one attached hydrogen (secondary N) is 1. The normalized spacial score (nSPS) is 24.7. The standard InChI is InChI=1S/C15H27N3/c1-5-10-18-11-9-16-13(18)12-15(14(2,3)4)7-6-8-17-15/h9,11,17H,5-8,10,12H2,1-4H3. The molecule has 0 bridgehead atoms. The van der Waals surface area contributed by atoms with Crippen LogP contribution in [0.3, 0.4) is 0 Å². The summed E-state index contributed by atoms with van der Waals surface area (Å²) in [4.78, 5) is 4.58. The van der Waals surface area contributed by atoms with Crippen molar-refractivity contribution < 1.29 is 0 Å². The fourth-order valence-electron chi connectivity index (χ4n) is 3.08. The van der Waals surface area contributed by atoms with Crippen molar-refractivity contribution in [2.45, 2.75) is 65.5 Å². The molecule has 18 heavy (non-hydrogen) atoms. The second-order valence-corrected chi connectivity index (χ2v) is 6.58. The van der Waals surface area contributed by atoms with Crippen molar-refractivity contribution in [2.75, 3.05) is 6.54 Å². The van der Waals surface area contributed by atoms with Crippen LogP contribution in [0.4, 0.5) is 0 Å². The average molecular weight is 249 g/mol. The molecule has 1 atom stereocenters. The van der Waals surface area contributed by atoms with Crippen LogP contribution in [0.1, 0.15) is 52.8 Å². The van der Waals surface area contributed by atoms with Crippen molar-refractivity contribution in [3.05, 3.63) is 18.2 Å². The van der Waals surface area contributed by atoms with E-state index < -0.39 is 0 Å². The van der Waals surface area contributed by atoms with Gasteiger partial charge in [0.2, 0.25) is 0 Å². The largest absolute Gasteiger partial charge is 0.335 e. The minimum absolute atomic E-state index is 0.212. The summed E-state index contributed by atoms with van der Waals surface area (Å²) in [6.07, 6.45) is 8.81. The monoisotopic (exact) mass is 249 g/mol. The topological polar surface area (TPSA) is 29.9 Å². The van der Waals surface area contributed by atoms with Crippen molar-refractivity contribution in [1.82, 2.24) is 14.9 Å². The molecule has 1 aliphatic heterocycles. The minimum atomic E-state index is 0.212. The first-order valence-corrected chi connectivity index (χ1v) is 7.23. The fourth-order valence-corrected chi connectivity index (χ4v) is 3.08. The number of imidazole rings is 1. The maximum absolute atomic E-state index is 4.58. The zero-order valence-electron chi connectivity index (χ0n) is 12.3. The van der Waals surface area contributed by atoms with Gasteiger partial charge in [-0.05, 0) is 31.2 Å². The molecule has 1 aromatic rings. The van der Waals surface area contributed by atoms with E-state index >= 15 is 0 Å². The Bertz CT molecular complexity index is 381. The van der Waals surface area contributed by atoms with Crippen LogP contribution < -0.4 is 5.32 Å². The Hall–Kier alpha value is -0.830. The van der Waals surface area contributed by atoms with Gasteiger partial charge < -0.3 is 9.88 Å². The zero-order chi connectivity index (χ0) is 13.2. The number of rotatable bonds is 4. The number of aryl methyl sites for hydroxylation is 1. The predicted octanol–water partition coefficient (Wildman–Crippen LogP) is 3.00. The molecule has 0 amide bonds. The lowest BCUT2D eigenvalue weighted by Gasteiger charge is -2.42. The number of nitrogens with zero attached hydrogens (tertiary/aromatic N) is 2. The summed E-state index contributed by atoms with van der Waals surface area (Å²) in [6, 6.07) is 0. The molecule has 0 saturated carbocycles. The molecule has 0 radical (unpaired) electrons. The summed E-state index contributed by atoms with van der Waals surface area (Å²) in [5, 5.41) is 3.76. The summed E-state index contributed by atoms with van der Waals surface area (Å²) in [5.74, 6) is 1.24. The van der Waals surface area contributed by atoms with Gasteiger partial charge in [-0.15, -0.1) is 0 Å². The van der Waals surface area contributed by atoms with E-state index in [1.54, 1.807) is 0 Å². The maximum Gasteiger partial charge on any atom is 0.110 e. The van der Waals surface area contributed by atoms with Gasteiger partial charge in [-0.1, -0.05) is 27.7 Å². The van der Waals surface area contributed by atoms with Crippen molar-refractivity contribution in [3.63, 3.8) is 0 Å². The Morgan fingerprint density at radius 2 is 2.22 bits per heavy atom. The van der Waals surface area contributed by atoms with Crippen LogP contribution in [0.5, 0.6) is 0 Å². The lowest BCUT2D eigenvalue weighted by Crippen LogP contribution is -2.53. The Morgan fingerprint density at radius 1 is 1.44 bits per heavy atom. The second-order valence-electron chi connectivity index (χ2n) is 6.58. The fraction of sp³-hybridized carbons (Fsp3) is 0.800. The Morgan fingerprint density at radius 3 is 2.78 bits per heavy atom. The molecule has 1 aromatic heterocycles. The van der Waals surface area contributed by atoms with Crippen LogP contribution in [0.2, 0.25) is 0 Å². The molecule has 2 rings (SSSR count). The van der Waals surface area contributed by atoms with E-state index in [4.69, 9.17) is 0 Å². The number of hydrogen-bond acceptors (Lipinski definition) is 2. The van der Waals surface area contributed by atoms with Crippen LogP contribution in [-0.4, -0.2) is 21.6 Å². The third-order valence-corrected chi connectivity index (χ3v) is 4.41. The van der Waals surface area contributed by atoms with Gasteiger partial charge in [0.25, 0.3) is 0 Å². The van der Waals surface area contributed by atoms with Crippen LogP contribution in [0.15, 0.2) is 12.4 Å². The van der Waals surface area contributed by atoms with Crippen LogP contribution in [-0.2, 0) is 13.0 Å². The lowest BCUT2D eigenvalue weighted by molar-refractivity contribution is 0.155. The molecule has 3 heteroatoms. The summed E-state index contributed by atoms with van der Waals surface area (Å²) < 4.78 is 2.31. The van der Waals surface area contributed by atoms with E-state index in [1.165, 1.54) is 25.1 Å². The SMILES string of the molecule is CCCn1ccnc1CC1(C(C)(C)C)CCCN1. The number of aromatic nitrogens is 2. The molecular formula is C15H27N3. The highest BCUT2D eigenvalue weighted by atomic mass is 15.1. The lowest BCUT2D eigenvalue weighted by atomic mass is 9.70. The van der Waals surface area contributed by atoms with Crippen molar-refractivity contribution in [3.8, 4) is 0 Å². The van der Waals surface area contributed by atoms with Gasteiger partial charge in [0.15, 0.2) is 0 Å². The molecule has 1 aliphatic rings. The first-order chi connectivity index (χ1) is 8.48. The Balaban J connectivity index is 2.21. The Labute approximate surface area is 111 Å². The van der Waals surface area contributed by atoms with Gasteiger partial charge in [0, 0.05) is 30.9 Å². The van der Waals surface area contributed by atoms with E-state index in [0.717, 1.165) is 19.5 Å². The van der Waals surface area contributed by atoms with Crippen molar-refractivity contribution in [1.29, 1.82) is 0 Å². The molecule has 0 spiro atoms. The highest BCUT2D eigenvalue weighted by Crippen LogP contribution is 2.39. The van der Waals surface area contributed by atoms with Gasteiger partial charge in [-0.2, -0.15) is 0 Å². The Kier molecular flexibility index (Phi) is 3.81. The third kappa shape index (κ3) is 2.46. The molecule has 1 saturated heterocycles. The minimum Gasteiger partial charge on any atom is -0.335 e. The maximum atomic E-state index is 4.58. The van der Waals surface area contributed by atoms with Gasteiger partial charge >= 0.3 is 0 Å². The van der Waals surface area contributed by atoms with Crippen LogP contribution in [0.25, 0.3) is 0 Å². The molecule has 3 nitrogen and oxygen atoms in total. The highest BCUT2D eigenvalue weighted by Gasteiger charge is 2.44. The molecule has 0 aliphatic carbocycles. The van der Waals surface area contributed by atoms with Gasteiger partial charge in [0.05, 0.1) is 0 Å². The second kappa shape index (κ2) is 5.04. The smallest absolute Gasteiger partial charge is 0.110 e. The van der Waals surface area contributed by atoms with E-state index in [-0.39, 0.29) is 11.0 Å². The molecule has 1 N–H and O–H groups in total. The van der Waals surface area contributed by atoms with E-state index in [2.05, 4.69) is 48.8 Å². The van der Waals surface area contributed by atoms with E-state index in [0.29, 0.717) is 0 Å². The van der Waals surface area contributed by atoms with Gasteiger partial charge in [-0.25, -0.2) is 4.98 Å². The summed E-state index contributed by atoms with van der Waals surface area (Å²) in [5.41, 5.74) is 0.482. The van der Waals surface area contributed by atoms with Gasteiger partial charge in [0.1, 0.15) is 5.82 Å².